The van der Waals surface area contributed by atoms with Crippen LogP contribution in [0, 0.1) is 26.7 Å². The van der Waals surface area contributed by atoms with E-state index in [1.165, 1.54) is 41.6 Å². The van der Waals surface area contributed by atoms with Crippen LogP contribution in [0.15, 0.2) is 12.1 Å². The van der Waals surface area contributed by atoms with Crippen LogP contribution < -0.4 is 5.32 Å². The van der Waals surface area contributed by atoms with Gasteiger partial charge in [0, 0.05) is 25.2 Å². The van der Waals surface area contributed by atoms with Crippen molar-refractivity contribution in [3.63, 3.8) is 0 Å². The van der Waals surface area contributed by atoms with Crippen LogP contribution in [0.1, 0.15) is 55.0 Å². The summed E-state index contributed by atoms with van der Waals surface area (Å²) < 4.78 is 0. The zero-order valence-electron chi connectivity index (χ0n) is 14.7. The zero-order valence-corrected chi connectivity index (χ0v) is 14.7. The number of aryl methyl sites for hydroxylation is 3. The van der Waals surface area contributed by atoms with Crippen LogP contribution in [0.4, 0.5) is 0 Å². The summed E-state index contributed by atoms with van der Waals surface area (Å²) in [5.41, 5.74) is 5.70. The summed E-state index contributed by atoms with van der Waals surface area (Å²) in [6.07, 6.45) is 2.72. The highest BCUT2D eigenvalue weighted by molar-refractivity contribution is 5.39. The molecule has 1 aliphatic rings. The monoisotopic (exact) mass is 288 g/mol. The van der Waals surface area contributed by atoms with Gasteiger partial charge in [-0.25, -0.2) is 0 Å². The lowest BCUT2D eigenvalue weighted by Crippen LogP contribution is -2.45. The van der Waals surface area contributed by atoms with Crippen LogP contribution in [-0.2, 0) is 0 Å². The number of rotatable bonds is 4. The average molecular weight is 288 g/mol. The van der Waals surface area contributed by atoms with Crippen LogP contribution in [-0.4, -0.2) is 31.1 Å². The maximum absolute atomic E-state index is 3.56. The molecule has 1 aromatic rings. The van der Waals surface area contributed by atoms with E-state index < -0.39 is 0 Å². The second-order valence-corrected chi connectivity index (χ2v) is 7.14. The minimum absolute atomic E-state index is 0.429. The molecule has 21 heavy (non-hydrogen) atoms. The number of piperidine rings is 1. The van der Waals surface area contributed by atoms with Gasteiger partial charge in [-0.15, -0.1) is 0 Å². The highest BCUT2D eigenvalue weighted by Crippen LogP contribution is 2.28. The van der Waals surface area contributed by atoms with Crippen molar-refractivity contribution < 1.29 is 0 Å². The summed E-state index contributed by atoms with van der Waals surface area (Å²) in [6.45, 7) is 13.8. The van der Waals surface area contributed by atoms with Crippen LogP contribution in [0.2, 0.25) is 0 Å². The van der Waals surface area contributed by atoms with Gasteiger partial charge < -0.3 is 5.32 Å². The molecule has 1 heterocycles. The highest BCUT2D eigenvalue weighted by Gasteiger charge is 2.26. The lowest BCUT2D eigenvalue weighted by molar-refractivity contribution is 0.113. The van der Waals surface area contributed by atoms with Gasteiger partial charge in [-0.2, -0.15) is 0 Å². The van der Waals surface area contributed by atoms with Crippen molar-refractivity contribution in [1.82, 2.24) is 10.2 Å². The summed E-state index contributed by atoms with van der Waals surface area (Å²) in [7, 11) is 2.10. The molecule has 0 bridgehead atoms. The Bertz CT molecular complexity index is 457. The minimum atomic E-state index is 0.429. The van der Waals surface area contributed by atoms with Crippen LogP contribution in [0.5, 0.6) is 0 Å². The third-order valence-corrected chi connectivity index (χ3v) is 5.10. The van der Waals surface area contributed by atoms with Crippen molar-refractivity contribution in [3.05, 3.63) is 34.4 Å². The number of nitrogens with one attached hydrogen (secondary N) is 1. The molecule has 0 radical (unpaired) electrons. The van der Waals surface area contributed by atoms with E-state index >= 15 is 0 Å². The van der Waals surface area contributed by atoms with Gasteiger partial charge in [-0.05, 0) is 70.2 Å². The van der Waals surface area contributed by atoms with Crippen LogP contribution in [0.3, 0.4) is 0 Å². The van der Waals surface area contributed by atoms with E-state index in [1.807, 2.05) is 0 Å². The molecule has 1 aliphatic heterocycles. The van der Waals surface area contributed by atoms with E-state index in [2.05, 4.69) is 64.0 Å². The molecule has 1 aromatic carbocycles. The van der Waals surface area contributed by atoms with E-state index in [-0.39, 0.29) is 0 Å². The fourth-order valence-corrected chi connectivity index (χ4v) is 3.94. The standard InChI is InChI=1S/C19H32N2/c1-13-7-8-17(5)21(11-13)12-18(20-6)19-15(3)9-14(2)10-16(19)4/h9-10,13,17-18,20H,7-8,11-12H2,1-6H3. The summed E-state index contributed by atoms with van der Waals surface area (Å²) in [4.78, 5) is 2.67. The van der Waals surface area contributed by atoms with Crippen molar-refractivity contribution in [2.75, 3.05) is 20.1 Å². The van der Waals surface area contributed by atoms with Gasteiger partial charge in [-0.1, -0.05) is 24.6 Å². The molecule has 1 saturated heterocycles. The number of hydrogen-bond donors (Lipinski definition) is 1. The van der Waals surface area contributed by atoms with E-state index in [0.29, 0.717) is 12.1 Å². The Kier molecular flexibility index (Phi) is 5.45. The summed E-state index contributed by atoms with van der Waals surface area (Å²) >= 11 is 0. The molecular formula is C19H32N2. The van der Waals surface area contributed by atoms with Gasteiger partial charge in [0.05, 0.1) is 0 Å². The summed E-state index contributed by atoms with van der Waals surface area (Å²) in [5, 5.41) is 3.56. The second kappa shape index (κ2) is 6.93. The fourth-order valence-electron chi connectivity index (χ4n) is 3.94. The predicted molar refractivity (Wildman–Crippen MR) is 91.9 cm³/mol. The summed E-state index contributed by atoms with van der Waals surface area (Å²) in [5.74, 6) is 0.832. The SMILES string of the molecule is CNC(CN1CC(C)CCC1C)c1c(C)cc(C)cc1C. The van der Waals surface area contributed by atoms with Gasteiger partial charge in [0.25, 0.3) is 0 Å². The van der Waals surface area contributed by atoms with E-state index in [4.69, 9.17) is 0 Å². The molecule has 0 amide bonds. The van der Waals surface area contributed by atoms with Crippen molar-refractivity contribution in [1.29, 1.82) is 0 Å². The lowest BCUT2D eigenvalue weighted by atomic mass is 9.91. The first-order valence-electron chi connectivity index (χ1n) is 8.41. The van der Waals surface area contributed by atoms with Crippen molar-refractivity contribution >= 4 is 0 Å². The number of likely N-dealkylation sites (N-methyl/N-ethyl adjacent to an activating group) is 1. The first-order chi connectivity index (χ1) is 9.92. The van der Waals surface area contributed by atoms with Crippen molar-refractivity contribution in [3.8, 4) is 0 Å². The summed E-state index contributed by atoms with van der Waals surface area (Å²) in [6, 6.07) is 5.77. The van der Waals surface area contributed by atoms with Gasteiger partial charge in [-0.3, -0.25) is 4.90 Å². The molecule has 3 unspecified atom stereocenters. The Balaban J connectivity index is 2.20. The third-order valence-electron chi connectivity index (χ3n) is 5.10. The predicted octanol–water partition coefficient (Wildman–Crippen LogP) is 3.99. The zero-order chi connectivity index (χ0) is 15.6. The Morgan fingerprint density at radius 1 is 1.14 bits per heavy atom. The van der Waals surface area contributed by atoms with Crippen LogP contribution in [0.25, 0.3) is 0 Å². The Labute approximate surface area is 130 Å². The number of nitrogens with zero attached hydrogens (tertiary/aromatic N) is 1. The molecule has 0 aromatic heterocycles. The molecule has 1 fully saturated rings. The molecule has 0 aliphatic carbocycles. The molecular weight excluding hydrogens is 256 g/mol. The minimum Gasteiger partial charge on any atom is -0.312 e. The smallest absolute Gasteiger partial charge is 0.0452 e. The number of hydrogen-bond acceptors (Lipinski definition) is 2. The Morgan fingerprint density at radius 2 is 1.76 bits per heavy atom. The molecule has 2 heteroatoms. The first kappa shape index (κ1) is 16.5. The van der Waals surface area contributed by atoms with E-state index in [0.717, 1.165) is 12.5 Å². The van der Waals surface area contributed by atoms with Gasteiger partial charge in [0.2, 0.25) is 0 Å². The van der Waals surface area contributed by atoms with E-state index in [1.54, 1.807) is 0 Å². The maximum Gasteiger partial charge on any atom is 0.0452 e. The molecule has 1 N–H and O–H groups in total. The second-order valence-electron chi connectivity index (χ2n) is 7.14. The first-order valence-corrected chi connectivity index (χ1v) is 8.41. The van der Waals surface area contributed by atoms with Crippen LogP contribution >= 0.6 is 0 Å². The largest absolute Gasteiger partial charge is 0.312 e. The van der Waals surface area contributed by atoms with Gasteiger partial charge in [0.1, 0.15) is 0 Å². The average Bonchev–Trinajstić information content (AvgIpc) is 2.40. The number of benzene rings is 1. The molecule has 2 rings (SSSR count). The maximum atomic E-state index is 3.56. The quantitative estimate of drug-likeness (QED) is 0.901. The molecule has 3 atom stereocenters. The van der Waals surface area contributed by atoms with Crippen molar-refractivity contribution in [2.24, 2.45) is 5.92 Å². The lowest BCUT2D eigenvalue weighted by Gasteiger charge is -2.39. The fraction of sp³-hybridized carbons (Fsp3) is 0.684. The van der Waals surface area contributed by atoms with Gasteiger partial charge >= 0.3 is 0 Å². The molecule has 0 saturated carbocycles. The van der Waals surface area contributed by atoms with Gasteiger partial charge in [0.15, 0.2) is 0 Å². The Morgan fingerprint density at radius 3 is 2.33 bits per heavy atom. The normalized spacial score (nSPS) is 25.0. The Hall–Kier alpha value is -0.860. The highest BCUT2D eigenvalue weighted by atomic mass is 15.2. The molecule has 2 nitrogen and oxygen atoms in total. The molecule has 118 valence electrons. The number of likely N-dealkylation sites (tertiary alicyclic amines) is 1. The van der Waals surface area contributed by atoms with Crippen molar-refractivity contribution in [2.45, 2.75) is 59.5 Å². The van der Waals surface area contributed by atoms with E-state index in [9.17, 15) is 0 Å². The topological polar surface area (TPSA) is 15.3 Å². The molecule has 0 spiro atoms. The third kappa shape index (κ3) is 3.87.